The lowest BCUT2D eigenvalue weighted by Gasteiger charge is -2.15. The zero-order valence-electron chi connectivity index (χ0n) is 11.2. The number of nitrogens with two attached hydrogens (primary N) is 1. The van der Waals surface area contributed by atoms with Crippen molar-refractivity contribution < 1.29 is 4.79 Å². The van der Waals surface area contributed by atoms with Crippen molar-refractivity contribution in [3.8, 4) is 0 Å². The van der Waals surface area contributed by atoms with E-state index in [2.05, 4.69) is 5.32 Å². The molecule has 2 aliphatic rings. The molecule has 1 atom stereocenters. The topological polar surface area (TPSA) is 55.1 Å². The molecule has 2 aliphatic carbocycles. The van der Waals surface area contributed by atoms with Crippen molar-refractivity contribution in [1.29, 1.82) is 0 Å². The van der Waals surface area contributed by atoms with Gasteiger partial charge in [-0.3, -0.25) is 4.79 Å². The SMILES string of the molecule is Cl.NC(CNC(=O)CC1CCCCCC1)C1CC1. The molecule has 1 unspecified atom stereocenters. The number of carbonyl (C=O) groups is 1. The normalized spacial score (nSPS) is 22.7. The summed E-state index contributed by atoms with van der Waals surface area (Å²) in [7, 11) is 0. The fraction of sp³-hybridized carbons (Fsp3) is 0.929. The molecule has 4 heteroatoms. The van der Waals surface area contributed by atoms with Crippen molar-refractivity contribution in [3.63, 3.8) is 0 Å². The first-order valence-corrected chi connectivity index (χ1v) is 7.28. The monoisotopic (exact) mass is 274 g/mol. The molecule has 0 aliphatic heterocycles. The predicted octanol–water partition coefficient (Wildman–Crippen LogP) is 2.62. The molecule has 0 radical (unpaired) electrons. The molecular weight excluding hydrogens is 248 g/mol. The van der Waals surface area contributed by atoms with Gasteiger partial charge < -0.3 is 11.1 Å². The Morgan fingerprint density at radius 3 is 2.28 bits per heavy atom. The molecule has 0 aromatic rings. The molecule has 0 spiro atoms. The second-order valence-electron chi connectivity index (χ2n) is 5.87. The third-order valence-electron chi connectivity index (χ3n) is 4.21. The van der Waals surface area contributed by atoms with Crippen LogP contribution in [0.3, 0.4) is 0 Å². The van der Waals surface area contributed by atoms with Crippen LogP contribution in [0.25, 0.3) is 0 Å². The van der Waals surface area contributed by atoms with E-state index in [1.807, 2.05) is 0 Å². The largest absolute Gasteiger partial charge is 0.355 e. The number of nitrogens with one attached hydrogen (secondary N) is 1. The first kappa shape index (κ1) is 15.8. The van der Waals surface area contributed by atoms with Crippen LogP contribution >= 0.6 is 12.4 Å². The highest BCUT2D eigenvalue weighted by Crippen LogP contribution is 2.31. The number of carbonyl (C=O) groups excluding carboxylic acids is 1. The van der Waals surface area contributed by atoms with E-state index in [0.717, 1.165) is 6.42 Å². The molecule has 0 saturated heterocycles. The van der Waals surface area contributed by atoms with Crippen LogP contribution in [-0.4, -0.2) is 18.5 Å². The van der Waals surface area contributed by atoms with Crippen molar-refractivity contribution in [2.24, 2.45) is 17.6 Å². The fourth-order valence-corrected chi connectivity index (χ4v) is 2.83. The van der Waals surface area contributed by atoms with Crippen LogP contribution in [0.5, 0.6) is 0 Å². The van der Waals surface area contributed by atoms with Crippen LogP contribution in [0.1, 0.15) is 57.8 Å². The van der Waals surface area contributed by atoms with E-state index in [1.165, 1.54) is 51.4 Å². The van der Waals surface area contributed by atoms with E-state index in [0.29, 0.717) is 18.4 Å². The molecule has 2 fully saturated rings. The number of rotatable bonds is 5. The van der Waals surface area contributed by atoms with Gasteiger partial charge in [0.1, 0.15) is 0 Å². The summed E-state index contributed by atoms with van der Waals surface area (Å²) in [4.78, 5) is 11.8. The molecule has 3 N–H and O–H groups in total. The van der Waals surface area contributed by atoms with Crippen LogP contribution in [0, 0.1) is 11.8 Å². The average molecular weight is 275 g/mol. The molecule has 1 amide bonds. The van der Waals surface area contributed by atoms with Crippen molar-refractivity contribution in [2.45, 2.75) is 63.8 Å². The van der Waals surface area contributed by atoms with Gasteiger partial charge in [-0.15, -0.1) is 12.4 Å². The van der Waals surface area contributed by atoms with Gasteiger partial charge in [-0.05, 0) is 37.5 Å². The van der Waals surface area contributed by atoms with Gasteiger partial charge in [-0.1, -0.05) is 25.7 Å². The molecular formula is C14H27ClN2O. The van der Waals surface area contributed by atoms with Gasteiger partial charge in [0.05, 0.1) is 0 Å². The molecule has 2 rings (SSSR count). The zero-order chi connectivity index (χ0) is 12.1. The van der Waals surface area contributed by atoms with Crippen molar-refractivity contribution in [1.82, 2.24) is 5.32 Å². The van der Waals surface area contributed by atoms with Crippen LogP contribution in [0.4, 0.5) is 0 Å². The number of hydrogen-bond acceptors (Lipinski definition) is 2. The molecule has 18 heavy (non-hydrogen) atoms. The van der Waals surface area contributed by atoms with E-state index >= 15 is 0 Å². The number of halogens is 1. The van der Waals surface area contributed by atoms with Gasteiger partial charge in [0.15, 0.2) is 0 Å². The van der Waals surface area contributed by atoms with Gasteiger partial charge in [0.25, 0.3) is 0 Å². The summed E-state index contributed by atoms with van der Waals surface area (Å²) in [6.07, 6.45) is 11.0. The summed E-state index contributed by atoms with van der Waals surface area (Å²) in [5.41, 5.74) is 5.97. The number of hydrogen-bond donors (Lipinski definition) is 2. The molecule has 106 valence electrons. The quantitative estimate of drug-likeness (QED) is 0.757. The second-order valence-corrected chi connectivity index (χ2v) is 5.87. The van der Waals surface area contributed by atoms with Gasteiger partial charge in [-0.2, -0.15) is 0 Å². The van der Waals surface area contributed by atoms with E-state index in [4.69, 9.17) is 5.73 Å². The van der Waals surface area contributed by atoms with Crippen LogP contribution in [0.15, 0.2) is 0 Å². The van der Waals surface area contributed by atoms with Crippen molar-refractivity contribution in [2.75, 3.05) is 6.54 Å². The Balaban J connectivity index is 0.00000162. The lowest BCUT2D eigenvalue weighted by atomic mass is 9.96. The number of amides is 1. The average Bonchev–Trinajstić information content (AvgIpc) is 3.13. The molecule has 0 bridgehead atoms. The predicted molar refractivity (Wildman–Crippen MR) is 76.8 cm³/mol. The highest BCUT2D eigenvalue weighted by Gasteiger charge is 2.28. The summed E-state index contributed by atoms with van der Waals surface area (Å²) in [6.45, 7) is 0.677. The van der Waals surface area contributed by atoms with Gasteiger partial charge in [0, 0.05) is 19.0 Å². The minimum absolute atomic E-state index is 0. The molecule has 0 heterocycles. The molecule has 0 aromatic heterocycles. The van der Waals surface area contributed by atoms with E-state index in [9.17, 15) is 4.79 Å². The lowest BCUT2D eigenvalue weighted by Crippen LogP contribution is -2.39. The summed E-state index contributed by atoms with van der Waals surface area (Å²) >= 11 is 0. The third kappa shape index (κ3) is 5.57. The Morgan fingerprint density at radius 1 is 1.11 bits per heavy atom. The van der Waals surface area contributed by atoms with Crippen LogP contribution < -0.4 is 11.1 Å². The maximum absolute atomic E-state index is 11.8. The molecule has 2 saturated carbocycles. The smallest absolute Gasteiger partial charge is 0.220 e. The van der Waals surface area contributed by atoms with E-state index in [1.54, 1.807) is 0 Å². The first-order chi connectivity index (χ1) is 8.25. The Kier molecular flexibility index (Phi) is 7.02. The van der Waals surface area contributed by atoms with E-state index in [-0.39, 0.29) is 24.4 Å². The minimum Gasteiger partial charge on any atom is -0.355 e. The highest BCUT2D eigenvalue weighted by molar-refractivity contribution is 5.85. The maximum atomic E-state index is 11.8. The summed E-state index contributed by atoms with van der Waals surface area (Å²) in [5, 5.41) is 3.01. The van der Waals surface area contributed by atoms with Crippen LogP contribution in [-0.2, 0) is 4.79 Å². The molecule has 0 aromatic carbocycles. The Morgan fingerprint density at radius 2 is 1.72 bits per heavy atom. The third-order valence-corrected chi connectivity index (χ3v) is 4.21. The first-order valence-electron chi connectivity index (χ1n) is 7.28. The standard InChI is InChI=1S/C14H26N2O.ClH/c15-13(12-7-8-12)10-16-14(17)9-11-5-3-1-2-4-6-11;/h11-13H,1-10,15H2,(H,16,17);1H. The fourth-order valence-electron chi connectivity index (χ4n) is 2.83. The molecule has 3 nitrogen and oxygen atoms in total. The van der Waals surface area contributed by atoms with Crippen LogP contribution in [0.2, 0.25) is 0 Å². The van der Waals surface area contributed by atoms with Gasteiger partial charge in [0.2, 0.25) is 5.91 Å². The lowest BCUT2D eigenvalue weighted by molar-refractivity contribution is -0.122. The summed E-state index contributed by atoms with van der Waals surface area (Å²) in [5.74, 6) is 1.51. The van der Waals surface area contributed by atoms with Crippen molar-refractivity contribution in [3.05, 3.63) is 0 Å². The summed E-state index contributed by atoms with van der Waals surface area (Å²) in [6, 6.07) is 0.188. The Bertz CT molecular complexity index is 248. The van der Waals surface area contributed by atoms with Crippen molar-refractivity contribution >= 4 is 18.3 Å². The van der Waals surface area contributed by atoms with E-state index < -0.39 is 0 Å². The highest BCUT2D eigenvalue weighted by atomic mass is 35.5. The summed E-state index contributed by atoms with van der Waals surface area (Å²) < 4.78 is 0. The van der Waals surface area contributed by atoms with Gasteiger partial charge in [-0.25, -0.2) is 0 Å². The second kappa shape index (κ2) is 8.00. The Hall–Kier alpha value is -0.280. The minimum atomic E-state index is 0. The zero-order valence-corrected chi connectivity index (χ0v) is 12.0. The van der Waals surface area contributed by atoms with Gasteiger partial charge >= 0.3 is 0 Å². The maximum Gasteiger partial charge on any atom is 0.220 e. The Labute approximate surface area is 117 Å².